The number of ether oxygens (including phenoxy) is 1. The summed E-state index contributed by atoms with van der Waals surface area (Å²) in [5.74, 6) is 0.625. The minimum absolute atomic E-state index is 0.0541. The zero-order chi connectivity index (χ0) is 19.5. The van der Waals surface area contributed by atoms with Crippen molar-refractivity contribution in [2.45, 2.75) is 26.2 Å². The van der Waals surface area contributed by atoms with Crippen LogP contribution in [0.15, 0.2) is 33.7 Å². The van der Waals surface area contributed by atoms with Crippen molar-refractivity contribution in [3.05, 3.63) is 28.7 Å². The first kappa shape index (κ1) is 21.7. The highest BCUT2D eigenvalue weighted by atomic mass is 79.9. The van der Waals surface area contributed by atoms with Crippen molar-refractivity contribution in [1.82, 2.24) is 10.6 Å². The van der Waals surface area contributed by atoms with E-state index in [1.165, 1.54) is 0 Å². The van der Waals surface area contributed by atoms with E-state index in [0.717, 1.165) is 29.7 Å². The number of carbonyl (C=O) groups excluding carboxylic acids is 1. The van der Waals surface area contributed by atoms with E-state index in [4.69, 9.17) is 4.74 Å². The van der Waals surface area contributed by atoms with Crippen LogP contribution in [0.4, 0.5) is 5.69 Å². The molecule has 2 rings (SSSR count). The molecule has 27 heavy (non-hydrogen) atoms. The summed E-state index contributed by atoms with van der Waals surface area (Å²) < 4.78 is 6.48. The quantitative estimate of drug-likeness (QED) is 0.348. The molecule has 1 amide bonds. The highest BCUT2D eigenvalue weighted by molar-refractivity contribution is 9.10. The molecule has 0 aliphatic carbocycles. The summed E-state index contributed by atoms with van der Waals surface area (Å²) in [7, 11) is 0. The Balaban J connectivity index is 1.80. The number of nitrogens with one attached hydrogen (secondary N) is 3. The van der Waals surface area contributed by atoms with Gasteiger partial charge in [0.05, 0.1) is 13.2 Å². The van der Waals surface area contributed by atoms with E-state index >= 15 is 0 Å². The number of carbonyl (C=O) groups is 1. The predicted octanol–water partition coefficient (Wildman–Crippen LogP) is 2.12. The van der Waals surface area contributed by atoms with Crippen molar-refractivity contribution in [1.29, 1.82) is 0 Å². The highest BCUT2D eigenvalue weighted by Crippen LogP contribution is 2.32. The first-order chi connectivity index (χ1) is 13.1. The monoisotopic (exact) mass is 440 g/mol. The molecular formula is C19H29BrN4O3. The second kappa shape index (κ2) is 11.3. The molecule has 1 aromatic carbocycles. The Hall–Kier alpha value is -1.64. The predicted molar refractivity (Wildman–Crippen MR) is 111 cm³/mol. The zero-order valence-electron chi connectivity index (χ0n) is 15.8. The molecule has 0 bridgehead atoms. The van der Waals surface area contributed by atoms with Crippen molar-refractivity contribution in [3.63, 3.8) is 0 Å². The maximum Gasteiger partial charge on any atom is 0.226 e. The lowest BCUT2D eigenvalue weighted by Crippen LogP contribution is -2.40. The van der Waals surface area contributed by atoms with Gasteiger partial charge in [-0.2, -0.15) is 0 Å². The van der Waals surface area contributed by atoms with E-state index in [1.807, 2.05) is 31.2 Å². The van der Waals surface area contributed by atoms with E-state index in [0.29, 0.717) is 38.5 Å². The van der Waals surface area contributed by atoms with Gasteiger partial charge in [0, 0.05) is 48.3 Å². The molecule has 1 aliphatic rings. The van der Waals surface area contributed by atoms with E-state index in [2.05, 4.69) is 36.9 Å². The molecule has 1 saturated heterocycles. The molecule has 8 heteroatoms. The van der Waals surface area contributed by atoms with Gasteiger partial charge in [-0.1, -0.05) is 15.9 Å². The number of amides is 1. The minimum Gasteiger partial charge on any atom is -0.396 e. The molecule has 1 atom stereocenters. The standard InChI is InChI=1S/C19H29BrN4O3/c1-2-21-18(23-13-19(8-11-25)9-12-27-14-19)22-10-7-17(26)24-16-5-3-15(20)4-6-16/h3-6,25H,2,7-14H2,1H3,(H,24,26)(H2,21,22,23). The number of nitrogens with zero attached hydrogens (tertiary/aromatic N) is 1. The van der Waals surface area contributed by atoms with Crippen LogP contribution in [0.5, 0.6) is 0 Å². The molecule has 4 N–H and O–H groups in total. The van der Waals surface area contributed by atoms with Gasteiger partial charge in [-0.25, -0.2) is 0 Å². The second-order valence-corrected chi connectivity index (χ2v) is 7.62. The van der Waals surface area contributed by atoms with Crippen molar-refractivity contribution in [2.75, 3.05) is 44.8 Å². The molecule has 7 nitrogen and oxygen atoms in total. The average Bonchev–Trinajstić information content (AvgIpc) is 3.11. The Morgan fingerprint density at radius 3 is 2.74 bits per heavy atom. The normalized spacial score (nSPS) is 19.7. The minimum atomic E-state index is -0.0872. The van der Waals surface area contributed by atoms with Crippen LogP contribution >= 0.6 is 15.9 Å². The number of aliphatic imine (C=N–C) groups is 1. The van der Waals surface area contributed by atoms with Crippen LogP contribution in [-0.2, 0) is 9.53 Å². The van der Waals surface area contributed by atoms with E-state index in [-0.39, 0.29) is 17.9 Å². The van der Waals surface area contributed by atoms with Gasteiger partial charge in [-0.05, 0) is 44.0 Å². The van der Waals surface area contributed by atoms with Gasteiger partial charge in [0.2, 0.25) is 5.91 Å². The van der Waals surface area contributed by atoms with Gasteiger partial charge < -0.3 is 25.8 Å². The number of halogens is 1. The Morgan fingerprint density at radius 1 is 1.33 bits per heavy atom. The number of aliphatic hydroxyl groups is 1. The Bertz CT molecular complexity index is 616. The van der Waals surface area contributed by atoms with Crippen LogP contribution in [-0.4, -0.2) is 56.4 Å². The third-order valence-electron chi connectivity index (χ3n) is 4.52. The molecule has 1 aromatic rings. The number of hydrogen-bond donors (Lipinski definition) is 4. The highest BCUT2D eigenvalue weighted by Gasteiger charge is 2.34. The number of guanidine groups is 1. The summed E-state index contributed by atoms with van der Waals surface area (Å²) in [6, 6.07) is 7.48. The van der Waals surface area contributed by atoms with Crippen molar-refractivity contribution < 1.29 is 14.6 Å². The Kier molecular flexibility index (Phi) is 9.03. The van der Waals surface area contributed by atoms with E-state index in [9.17, 15) is 9.90 Å². The lowest BCUT2D eigenvalue weighted by molar-refractivity contribution is -0.116. The summed E-state index contributed by atoms with van der Waals surface area (Å²) >= 11 is 3.37. The molecule has 0 spiro atoms. The first-order valence-corrected chi connectivity index (χ1v) is 10.1. The summed E-state index contributed by atoms with van der Waals surface area (Å²) in [5.41, 5.74) is 0.687. The maximum atomic E-state index is 12.1. The van der Waals surface area contributed by atoms with Crippen LogP contribution in [0.25, 0.3) is 0 Å². The average molecular weight is 441 g/mol. The van der Waals surface area contributed by atoms with Crippen LogP contribution in [0, 0.1) is 5.41 Å². The van der Waals surface area contributed by atoms with E-state index < -0.39 is 0 Å². The fraction of sp³-hybridized carbons (Fsp3) is 0.579. The molecular weight excluding hydrogens is 412 g/mol. The number of rotatable bonds is 9. The molecule has 1 aliphatic heterocycles. The molecule has 150 valence electrons. The summed E-state index contributed by atoms with van der Waals surface area (Å²) in [4.78, 5) is 16.7. The first-order valence-electron chi connectivity index (χ1n) is 9.33. The second-order valence-electron chi connectivity index (χ2n) is 6.70. The zero-order valence-corrected chi connectivity index (χ0v) is 17.3. The number of anilines is 1. The van der Waals surface area contributed by atoms with Crippen molar-refractivity contribution >= 4 is 33.5 Å². The SMILES string of the molecule is CCNC(=NCC1(CCO)CCOC1)NCCC(=O)Nc1ccc(Br)cc1. The molecule has 1 fully saturated rings. The molecule has 1 heterocycles. The summed E-state index contributed by atoms with van der Waals surface area (Å²) in [6.07, 6.45) is 1.93. The summed E-state index contributed by atoms with van der Waals surface area (Å²) in [5, 5.41) is 18.6. The number of benzene rings is 1. The smallest absolute Gasteiger partial charge is 0.226 e. The molecule has 0 saturated carbocycles. The van der Waals surface area contributed by atoms with Crippen LogP contribution < -0.4 is 16.0 Å². The van der Waals surface area contributed by atoms with Gasteiger partial charge in [0.25, 0.3) is 0 Å². The molecule has 0 radical (unpaired) electrons. The van der Waals surface area contributed by atoms with Gasteiger partial charge in [-0.3, -0.25) is 9.79 Å². The largest absolute Gasteiger partial charge is 0.396 e. The third kappa shape index (κ3) is 7.48. The third-order valence-corrected chi connectivity index (χ3v) is 5.05. The fourth-order valence-corrected chi connectivity index (χ4v) is 3.19. The van der Waals surface area contributed by atoms with Gasteiger partial charge in [0.1, 0.15) is 0 Å². The molecule has 0 aromatic heterocycles. The maximum absolute atomic E-state index is 12.1. The topological polar surface area (TPSA) is 95.0 Å². The lowest BCUT2D eigenvalue weighted by atomic mass is 9.84. The van der Waals surface area contributed by atoms with Crippen LogP contribution in [0.1, 0.15) is 26.2 Å². The van der Waals surface area contributed by atoms with Crippen molar-refractivity contribution in [3.8, 4) is 0 Å². The lowest BCUT2D eigenvalue weighted by Gasteiger charge is -2.24. The van der Waals surface area contributed by atoms with Gasteiger partial charge in [0.15, 0.2) is 5.96 Å². The van der Waals surface area contributed by atoms with Crippen molar-refractivity contribution in [2.24, 2.45) is 10.4 Å². The van der Waals surface area contributed by atoms with Gasteiger partial charge >= 0.3 is 0 Å². The van der Waals surface area contributed by atoms with E-state index in [1.54, 1.807) is 0 Å². The van der Waals surface area contributed by atoms with Crippen LogP contribution in [0.2, 0.25) is 0 Å². The number of aliphatic hydroxyl groups excluding tert-OH is 1. The fourth-order valence-electron chi connectivity index (χ4n) is 2.93. The number of hydrogen-bond acceptors (Lipinski definition) is 4. The molecule has 1 unspecified atom stereocenters. The Labute approximate surface area is 169 Å². The summed E-state index contributed by atoms with van der Waals surface area (Å²) in [6.45, 7) is 5.30. The Morgan fingerprint density at radius 2 is 2.11 bits per heavy atom. The van der Waals surface area contributed by atoms with Gasteiger partial charge in [-0.15, -0.1) is 0 Å². The van der Waals surface area contributed by atoms with Crippen LogP contribution in [0.3, 0.4) is 0 Å².